The fourth-order valence-corrected chi connectivity index (χ4v) is 3.55. The van der Waals surface area contributed by atoms with E-state index in [1.54, 1.807) is 0 Å². The molecule has 1 atom stereocenters. The summed E-state index contributed by atoms with van der Waals surface area (Å²) in [6.07, 6.45) is 5.81. The van der Waals surface area contributed by atoms with Crippen LogP contribution >= 0.6 is 15.9 Å². The van der Waals surface area contributed by atoms with Crippen molar-refractivity contribution in [1.82, 2.24) is 0 Å². The number of benzene rings is 1. The molecule has 2 rings (SSSR count). The van der Waals surface area contributed by atoms with Gasteiger partial charge in [-0.25, -0.2) is 0 Å². The van der Waals surface area contributed by atoms with E-state index in [0.29, 0.717) is 12.2 Å². The number of ketones is 1. The van der Waals surface area contributed by atoms with Crippen molar-refractivity contribution in [3.63, 3.8) is 0 Å². The van der Waals surface area contributed by atoms with Gasteiger partial charge in [-0.2, -0.15) is 0 Å². The fraction of sp³-hybridized carbons (Fsp3) is 0.588. The van der Waals surface area contributed by atoms with Gasteiger partial charge in [-0.15, -0.1) is 0 Å². The molecule has 0 unspecified atom stereocenters. The number of unbranched alkanes of at least 4 members (excludes halogenated alkanes) is 2. The Hall–Kier alpha value is -0.670. The summed E-state index contributed by atoms with van der Waals surface area (Å²) in [7, 11) is 0. The topological polar surface area (TPSA) is 37.3 Å². The Labute approximate surface area is 129 Å². The molecule has 0 spiro atoms. The first-order valence-electron chi connectivity index (χ1n) is 7.44. The van der Waals surface area contributed by atoms with E-state index in [4.69, 9.17) is 0 Å². The van der Waals surface area contributed by atoms with Crippen LogP contribution in [0.1, 0.15) is 55.7 Å². The van der Waals surface area contributed by atoms with Crippen molar-refractivity contribution in [3.8, 4) is 0 Å². The standard InChI is InChI=1S/C17H23BrO2/c1-17(9-3-2-4-10-18)15-11-13(12-19)5-6-14(15)7-8-16(17)20/h5-6,11,19H,2-4,7-10,12H2,1H3/t17-/m1/s1. The number of aliphatic hydroxyl groups is 1. The molecule has 0 heterocycles. The number of hydrogen-bond donors (Lipinski definition) is 1. The van der Waals surface area contributed by atoms with E-state index >= 15 is 0 Å². The van der Waals surface area contributed by atoms with Gasteiger partial charge in [0.05, 0.1) is 12.0 Å². The van der Waals surface area contributed by atoms with Crippen LogP contribution in [0.2, 0.25) is 0 Å². The summed E-state index contributed by atoms with van der Waals surface area (Å²) in [6.45, 7) is 2.13. The van der Waals surface area contributed by atoms with Crippen LogP contribution < -0.4 is 0 Å². The number of fused-ring (bicyclic) bond motifs is 1. The molecule has 0 aliphatic heterocycles. The Morgan fingerprint density at radius 2 is 2.05 bits per heavy atom. The molecule has 0 radical (unpaired) electrons. The molecule has 1 aliphatic rings. The van der Waals surface area contributed by atoms with Crippen molar-refractivity contribution in [2.45, 2.75) is 57.5 Å². The number of carbonyl (C=O) groups is 1. The summed E-state index contributed by atoms with van der Waals surface area (Å²) in [4.78, 5) is 12.5. The Bertz CT molecular complexity index is 484. The van der Waals surface area contributed by atoms with E-state index in [1.807, 2.05) is 12.1 Å². The quantitative estimate of drug-likeness (QED) is 0.630. The second-order valence-corrected chi connectivity index (χ2v) is 6.70. The minimum Gasteiger partial charge on any atom is -0.392 e. The zero-order chi connectivity index (χ0) is 14.6. The summed E-state index contributed by atoms with van der Waals surface area (Å²) in [6, 6.07) is 6.10. The van der Waals surface area contributed by atoms with E-state index in [9.17, 15) is 9.90 Å². The zero-order valence-corrected chi connectivity index (χ0v) is 13.7. The molecule has 0 amide bonds. The Balaban J connectivity index is 2.25. The fourth-order valence-electron chi connectivity index (χ4n) is 3.15. The molecule has 0 fully saturated rings. The van der Waals surface area contributed by atoms with Crippen LogP contribution in [0.5, 0.6) is 0 Å². The van der Waals surface area contributed by atoms with Crippen LogP contribution in [0.3, 0.4) is 0 Å². The molecule has 3 heteroatoms. The zero-order valence-electron chi connectivity index (χ0n) is 12.1. The first-order chi connectivity index (χ1) is 9.61. The van der Waals surface area contributed by atoms with Crippen LogP contribution in [0.25, 0.3) is 0 Å². The molecule has 1 aliphatic carbocycles. The third-order valence-corrected chi connectivity index (χ3v) is 5.06. The maximum absolute atomic E-state index is 12.5. The van der Waals surface area contributed by atoms with Crippen LogP contribution in [0.15, 0.2) is 18.2 Å². The van der Waals surface area contributed by atoms with Crippen molar-refractivity contribution in [3.05, 3.63) is 34.9 Å². The molecule has 0 saturated carbocycles. The molecule has 2 nitrogen and oxygen atoms in total. The molecular formula is C17H23BrO2. The Kier molecular flexibility index (Phi) is 5.39. The van der Waals surface area contributed by atoms with Gasteiger partial charge >= 0.3 is 0 Å². The highest BCUT2D eigenvalue weighted by molar-refractivity contribution is 9.09. The minimum atomic E-state index is -0.356. The number of carbonyl (C=O) groups excluding carboxylic acids is 1. The van der Waals surface area contributed by atoms with Crippen LogP contribution in [-0.4, -0.2) is 16.2 Å². The van der Waals surface area contributed by atoms with Gasteiger partial charge in [-0.3, -0.25) is 4.79 Å². The molecule has 0 bridgehead atoms. The van der Waals surface area contributed by atoms with E-state index in [0.717, 1.165) is 48.6 Å². The number of aliphatic hydroxyl groups excluding tert-OH is 1. The average Bonchev–Trinajstić information content (AvgIpc) is 2.47. The average molecular weight is 339 g/mol. The Morgan fingerprint density at radius 3 is 2.75 bits per heavy atom. The van der Waals surface area contributed by atoms with Crippen molar-refractivity contribution in [1.29, 1.82) is 0 Å². The lowest BCUT2D eigenvalue weighted by atomic mass is 9.67. The molecule has 1 N–H and O–H groups in total. The van der Waals surface area contributed by atoms with Gasteiger partial charge in [0.15, 0.2) is 0 Å². The van der Waals surface area contributed by atoms with Gasteiger partial charge in [0.25, 0.3) is 0 Å². The van der Waals surface area contributed by atoms with Gasteiger partial charge < -0.3 is 5.11 Å². The predicted molar refractivity (Wildman–Crippen MR) is 85.3 cm³/mol. The van der Waals surface area contributed by atoms with E-state index < -0.39 is 0 Å². The predicted octanol–water partition coefficient (Wildman–Crippen LogP) is 3.91. The molecule has 0 saturated heterocycles. The molecule has 1 aromatic rings. The van der Waals surface area contributed by atoms with Gasteiger partial charge in [0, 0.05) is 11.8 Å². The third-order valence-electron chi connectivity index (χ3n) is 4.50. The minimum absolute atomic E-state index is 0.0428. The second-order valence-electron chi connectivity index (χ2n) is 5.90. The van der Waals surface area contributed by atoms with Gasteiger partial charge in [-0.05, 0) is 42.9 Å². The summed E-state index contributed by atoms with van der Waals surface area (Å²) < 4.78 is 0. The lowest BCUT2D eigenvalue weighted by Crippen LogP contribution is -2.37. The van der Waals surface area contributed by atoms with Crippen molar-refractivity contribution >= 4 is 21.7 Å². The summed E-state index contributed by atoms with van der Waals surface area (Å²) in [5, 5.41) is 10.4. The summed E-state index contributed by atoms with van der Waals surface area (Å²) >= 11 is 3.45. The lowest BCUT2D eigenvalue weighted by molar-refractivity contribution is -0.125. The van der Waals surface area contributed by atoms with Crippen LogP contribution in [-0.2, 0) is 23.2 Å². The first kappa shape index (κ1) is 15.7. The molecule has 0 aromatic heterocycles. The maximum atomic E-state index is 12.5. The van der Waals surface area contributed by atoms with Gasteiger partial charge in [0.1, 0.15) is 5.78 Å². The number of hydrogen-bond acceptors (Lipinski definition) is 2. The number of Topliss-reactive ketones (excluding diaryl/α,β-unsaturated/α-hetero) is 1. The summed E-state index contributed by atoms with van der Waals surface area (Å²) in [5.74, 6) is 0.360. The van der Waals surface area contributed by atoms with Gasteiger partial charge in [-0.1, -0.05) is 47.0 Å². The number of halogens is 1. The highest BCUT2D eigenvalue weighted by atomic mass is 79.9. The SMILES string of the molecule is C[C@]1(CCCCCBr)C(=O)CCc2ccc(CO)cc21. The van der Waals surface area contributed by atoms with Gasteiger partial charge in [0.2, 0.25) is 0 Å². The maximum Gasteiger partial charge on any atom is 0.143 e. The Morgan fingerprint density at radius 1 is 1.25 bits per heavy atom. The molecule has 1 aromatic carbocycles. The molecule has 20 heavy (non-hydrogen) atoms. The first-order valence-corrected chi connectivity index (χ1v) is 8.56. The lowest BCUT2D eigenvalue weighted by Gasteiger charge is -2.35. The van der Waals surface area contributed by atoms with E-state index in [-0.39, 0.29) is 12.0 Å². The van der Waals surface area contributed by atoms with Crippen molar-refractivity contribution in [2.24, 2.45) is 0 Å². The number of aryl methyl sites for hydroxylation is 1. The molecule has 110 valence electrons. The van der Waals surface area contributed by atoms with E-state index in [1.165, 1.54) is 5.56 Å². The monoisotopic (exact) mass is 338 g/mol. The van der Waals surface area contributed by atoms with Crippen LogP contribution in [0, 0.1) is 0 Å². The summed E-state index contributed by atoms with van der Waals surface area (Å²) in [5.41, 5.74) is 2.99. The normalized spacial score (nSPS) is 21.9. The third kappa shape index (κ3) is 3.15. The smallest absolute Gasteiger partial charge is 0.143 e. The van der Waals surface area contributed by atoms with Crippen molar-refractivity contribution in [2.75, 3.05) is 5.33 Å². The highest BCUT2D eigenvalue weighted by Gasteiger charge is 2.38. The van der Waals surface area contributed by atoms with E-state index in [2.05, 4.69) is 28.9 Å². The van der Waals surface area contributed by atoms with Crippen LogP contribution in [0.4, 0.5) is 0 Å². The molecular weight excluding hydrogens is 316 g/mol. The largest absolute Gasteiger partial charge is 0.392 e. The van der Waals surface area contributed by atoms with Crippen molar-refractivity contribution < 1.29 is 9.90 Å². The second kappa shape index (κ2) is 6.86. The number of rotatable bonds is 6. The number of alkyl halides is 1. The highest BCUT2D eigenvalue weighted by Crippen LogP contribution is 2.39.